The number of aryl methyl sites for hydroxylation is 1. The predicted molar refractivity (Wildman–Crippen MR) is 52.0 cm³/mol. The topological polar surface area (TPSA) is 12.4 Å². The van der Waals surface area contributed by atoms with E-state index in [1.165, 1.54) is 16.7 Å². The number of nitrogens with zero attached hydrogens (tertiary/aromatic N) is 1. The first-order valence-electron chi connectivity index (χ1n) is 4.52. The van der Waals surface area contributed by atoms with E-state index in [-0.39, 0.29) is 0 Å². The summed E-state index contributed by atoms with van der Waals surface area (Å²) in [6.45, 7) is 3.15. The third-order valence-electron chi connectivity index (χ3n) is 2.40. The van der Waals surface area contributed by atoms with Gasteiger partial charge in [0.2, 0.25) is 0 Å². The van der Waals surface area contributed by atoms with Gasteiger partial charge in [-0.15, -0.1) is 0 Å². The van der Waals surface area contributed by atoms with Crippen molar-refractivity contribution in [3.05, 3.63) is 34.9 Å². The fourth-order valence-corrected chi connectivity index (χ4v) is 1.70. The number of hydrogen-bond donors (Lipinski definition) is 0. The van der Waals surface area contributed by atoms with E-state index in [1.54, 1.807) is 0 Å². The van der Waals surface area contributed by atoms with Crippen LogP contribution in [-0.2, 0) is 12.8 Å². The van der Waals surface area contributed by atoms with Gasteiger partial charge >= 0.3 is 0 Å². The summed E-state index contributed by atoms with van der Waals surface area (Å²) in [6.07, 6.45) is 4.24. The molecule has 1 aliphatic heterocycles. The van der Waals surface area contributed by atoms with Crippen molar-refractivity contribution in [3.63, 3.8) is 0 Å². The normalized spacial score (nSPS) is 14.4. The quantitative estimate of drug-likeness (QED) is 0.596. The molecule has 62 valence electrons. The Morgan fingerprint density at radius 1 is 1.42 bits per heavy atom. The summed E-state index contributed by atoms with van der Waals surface area (Å²) in [5.74, 6) is 0. The summed E-state index contributed by atoms with van der Waals surface area (Å²) in [6, 6.07) is 6.55. The van der Waals surface area contributed by atoms with E-state index in [4.69, 9.17) is 0 Å². The van der Waals surface area contributed by atoms with Gasteiger partial charge in [0.05, 0.1) is 0 Å². The number of rotatable bonds is 1. The van der Waals surface area contributed by atoms with Gasteiger partial charge in [-0.05, 0) is 29.5 Å². The highest BCUT2D eigenvalue weighted by atomic mass is 14.7. The van der Waals surface area contributed by atoms with Gasteiger partial charge in [-0.2, -0.15) is 0 Å². The summed E-state index contributed by atoms with van der Waals surface area (Å²) >= 11 is 0. The molecule has 0 amide bonds. The first kappa shape index (κ1) is 7.53. The average Bonchev–Trinajstić information content (AvgIpc) is 2.17. The van der Waals surface area contributed by atoms with E-state index in [9.17, 15) is 0 Å². The third kappa shape index (κ3) is 1.15. The predicted octanol–water partition coefficient (Wildman–Crippen LogP) is 2.22. The molecule has 0 saturated carbocycles. The molecule has 12 heavy (non-hydrogen) atoms. The van der Waals surface area contributed by atoms with Crippen LogP contribution in [0.2, 0.25) is 0 Å². The monoisotopic (exact) mass is 159 g/mol. The van der Waals surface area contributed by atoms with Gasteiger partial charge in [-0.3, -0.25) is 4.99 Å². The van der Waals surface area contributed by atoms with Crippen LogP contribution in [0, 0.1) is 0 Å². The molecule has 1 heterocycles. The largest absolute Gasteiger partial charge is 0.292 e. The molecule has 0 aromatic heterocycles. The highest BCUT2D eigenvalue weighted by Gasteiger charge is 2.07. The Balaban J connectivity index is 2.54. The zero-order valence-corrected chi connectivity index (χ0v) is 7.38. The van der Waals surface area contributed by atoms with Crippen molar-refractivity contribution in [1.82, 2.24) is 0 Å². The molecule has 1 heteroatoms. The number of hydrogen-bond acceptors (Lipinski definition) is 1. The van der Waals surface area contributed by atoms with Gasteiger partial charge in [0.1, 0.15) is 0 Å². The lowest BCUT2D eigenvalue weighted by atomic mass is 9.96. The van der Waals surface area contributed by atoms with Crippen LogP contribution in [0.3, 0.4) is 0 Å². The molecule has 0 radical (unpaired) electrons. The van der Waals surface area contributed by atoms with Crippen molar-refractivity contribution >= 4 is 6.21 Å². The van der Waals surface area contributed by atoms with Gasteiger partial charge in [0, 0.05) is 12.8 Å². The summed E-state index contributed by atoms with van der Waals surface area (Å²) in [4.78, 5) is 4.30. The molecule has 0 atom stereocenters. The van der Waals surface area contributed by atoms with Crippen LogP contribution in [0.25, 0.3) is 0 Å². The lowest BCUT2D eigenvalue weighted by Crippen LogP contribution is -2.05. The molecule has 2 rings (SSSR count). The zero-order chi connectivity index (χ0) is 8.39. The highest BCUT2D eigenvalue weighted by molar-refractivity contribution is 5.84. The van der Waals surface area contributed by atoms with Crippen LogP contribution in [0.4, 0.5) is 0 Å². The number of fused-ring (bicyclic) bond motifs is 1. The molecule has 0 fully saturated rings. The number of benzene rings is 1. The van der Waals surface area contributed by atoms with E-state index in [0.29, 0.717) is 0 Å². The van der Waals surface area contributed by atoms with E-state index in [0.717, 1.165) is 19.4 Å². The Bertz CT molecular complexity index is 313. The van der Waals surface area contributed by atoms with Crippen LogP contribution >= 0.6 is 0 Å². The lowest BCUT2D eigenvalue weighted by Gasteiger charge is -2.12. The first-order valence-corrected chi connectivity index (χ1v) is 4.52. The minimum absolute atomic E-state index is 0.958. The fraction of sp³-hybridized carbons (Fsp3) is 0.364. The molecule has 0 saturated heterocycles. The van der Waals surface area contributed by atoms with Gasteiger partial charge in [-0.1, -0.05) is 25.1 Å². The molecule has 1 aliphatic rings. The van der Waals surface area contributed by atoms with Crippen LogP contribution in [-0.4, -0.2) is 12.8 Å². The van der Waals surface area contributed by atoms with Gasteiger partial charge < -0.3 is 0 Å². The van der Waals surface area contributed by atoms with Crippen LogP contribution in [0.5, 0.6) is 0 Å². The first-order chi connectivity index (χ1) is 5.92. The van der Waals surface area contributed by atoms with Crippen LogP contribution in [0.15, 0.2) is 23.2 Å². The average molecular weight is 159 g/mol. The maximum Gasteiger partial charge on any atom is 0.0430 e. The van der Waals surface area contributed by atoms with Gasteiger partial charge in [0.15, 0.2) is 0 Å². The van der Waals surface area contributed by atoms with E-state index in [1.807, 2.05) is 6.21 Å². The molecule has 1 nitrogen and oxygen atoms in total. The van der Waals surface area contributed by atoms with E-state index in [2.05, 4.69) is 30.1 Å². The Morgan fingerprint density at radius 3 is 3.17 bits per heavy atom. The highest BCUT2D eigenvalue weighted by Crippen LogP contribution is 2.16. The second-order valence-corrected chi connectivity index (χ2v) is 3.13. The smallest absolute Gasteiger partial charge is 0.0430 e. The summed E-state index contributed by atoms with van der Waals surface area (Å²) in [5.41, 5.74) is 4.26. The summed E-state index contributed by atoms with van der Waals surface area (Å²) in [7, 11) is 0. The van der Waals surface area contributed by atoms with Crippen molar-refractivity contribution in [2.45, 2.75) is 19.8 Å². The van der Waals surface area contributed by atoms with Crippen molar-refractivity contribution in [1.29, 1.82) is 0 Å². The maximum atomic E-state index is 4.30. The Labute approximate surface area is 73.1 Å². The van der Waals surface area contributed by atoms with E-state index < -0.39 is 0 Å². The van der Waals surface area contributed by atoms with Crippen molar-refractivity contribution < 1.29 is 0 Å². The number of aliphatic imine (C=N–C) groups is 1. The summed E-state index contributed by atoms with van der Waals surface area (Å²) < 4.78 is 0. The molecule has 0 spiro atoms. The third-order valence-corrected chi connectivity index (χ3v) is 2.40. The molecule has 0 N–H and O–H groups in total. The van der Waals surface area contributed by atoms with Gasteiger partial charge in [-0.25, -0.2) is 0 Å². The SMILES string of the molecule is CCc1cccc2c1C=NCC2. The lowest BCUT2D eigenvalue weighted by molar-refractivity contribution is 0.942. The maximum absolute atomic E-state index is 4.30. The second kappa shape index (κ2) is 3.10. The molecule has 1 aromatic rings. The molecular formula is C11H13N. The fourth-order valence-electron chi connectivity index (χ4n) is 1.70. The van der Waals surface area contributed by atoms with Crippen molar-refractivity contribution in [2.75, 3.05) is 6.54 Å². The molecule has 0 bridgehead atoms. The van der Waals surface area contributed by atoms with Crippen molar-refractivity contribution in [3.8, 4) is 0 Å². The minimum Gasteiger partial charge on any atom is -0.292 e. The van der Waals surface area contributed by atoms with Crippen LogP contribution in [0.1, 0.15) is 23.6 Å². The minimum atomic E-state index is 0.958. The standard InChI is InChI=1S/C11H13N/c1-2-9-4-3-5-10-6-7-12-8-11(9)10/h3-5,8H,2,6-7H2,1H3. The van der Waals surface area contributed by atoms with Crippen molar-refractivity contribution in [2.24, 2.45) is 4.99 Å². The molecular weight excluding hydrogens is 146 g/mol. The van der Waals surface area contributed by atoms with E-state index >= 15 is 0 Å². The van der Waals surface area contributed by atoms with Crippen LogP contribution < -0.4 is 0 Å². The summed E-state index contributed by atoms with van der Waals surface area (Å²) in [5, 5.41) is 0. The Kier molecular flexibility index (Phi) is 1.94. The molecule has 0 aliphatic carbocycles. The zero-order valence-electron chi connectivity index (χ0n) is 7.38. The van der Waals surface area contributed by atoms with Gasteiger partial charge in [0.25, 0.3) is 0 Å². The molecule has 0 unspecified atom stereocenters. The Hall–Kier alpha value is -1.11. The Morgan fingerprint density at radius 2 is 2.33 bits per heavy atom. The molecule has 1 aromatic carbocycles. The second-order valence-electron chi connectivity index (χ2n) is 3.13.